The summed E-state index contributed by atoms with van der Waals surface area (Å²) in [6.45, 7) is 4.84. The van der Waals surface area contributed by atoms with Crippen LogP contribution in [0, 0.1) is 0 Å². The maximum atomic E-state index is 12.3. The van der Waals surface area contributed by atoms with Gasteiger partial charge in [-0.25, -0.2) is 4.79 Å². The summed E-state index contributed by atoms with van der Waals surface area (Å²) in [5.74, 6) is -0.589. The lowest BCUT2D eigenvalue weighted by molar-refractivity contribution is -0.123. The van der Waals surface area contributed by atoms with E-state index >= 15 is 0 Å². The fraction of sp³-hybridized carbons (Fsp3) is 0.438. The molecule has 4 N–H and O–H groups in total. The molecule has 0 saturated heterocycles. The molecule has 0 fully saturated rings. The predicted octanol–water partition coefficient (Wildman–Crippen LogP) is 1.31. The first kappa shape index (κ1) is 18.6. The maximum absolute atomic E-state index is 12.3. The van der Waals surface area contributed by atoms with Crippen molar-refractivity contribution in [3.05, 3.63) is 30.3 Å². The third kappa shape index (κ3) is 6.92. The van der Waals surface area contributed by atoms with Gasteiger partial charge >= 0.3 is 6.03 Å². The van der Waals surface area contributed by atoms with Crippen molar-refractivity contribution in [2.75, 3.05) is 18.4 Å². The van der Waals surface area contributed by atoms with Crippen LogP contribution in [0.4, 0.5) is 10.5 Å². The summed E-state index contributed by atoms with van der Waals surface area (Å²) >= 11 is 0. The van der Waals surface area contributed by atoms with Gasteiger partial charge in [-0.05, 0) is 32.0 Å². The number of nitrogens with zero attached hydrogens (tertiary/aromatic N) is 1. The number of hydrogen-bond acceptors (Lipinski definition) is 4. The highest BCUT2D eigenvalue weighted by molar-refractivity contribution is 5.95. The predicted molar refractivity (Wildman–Crippen MR) is 88.7 cm³/mol. The second kappa shape index (κ2) is 9.58. The number of anilines is 1. The molecule has 1 rings (SSSR count). The number of carbonyl (C=O) groups is 3. The van der Waals surface area contributed by atoms with Crippen molar-refractivity contribution in [1.82, 2.24) is 10.2 Å². The minimum absolute atomic E-state index is 0.103. The zero-order valence-electron chi connectivity index (χ0n) is 13.5. The molecule has 1 atom stereocenters. The Morgan fingerprint density at radius 1 is 1.17 bits per heavy atom. The summed E-state index contributed by atoms with van der Waals surface area (Å²) in [6.07, 6.45) is 0.951. The van der Waals surface area contributed by atoms with Gasteiger partial charge < -0.3 is 11.1 Å². The Hall–Kier alpha value is -2.41. The molecule has 1 aromatic rings. The highest BCUT2D eigenvalue weighted by atomic mass is 16.2. The maximum Gasteiger partial charge on any atom is 0.318 e. The molecule has 1 aromatic carbocycles. The van der Waals surface area contributed by atoms with Crippen molar-refractivity contribution >= 4 is 23.5 Å². The van der Waals surface area contributed by atoms with Crippen LogP contribution in [-0.4, -0.2) is 41.9 Å². The van der Waals surface area contributed by atoms with Crippen molar-refractivity contribution in [2.45, 2.75) is 32.7 Å². The Labute approximate surface area is 136 Å². The number of nitrogens with two attached hydrogens (primary N) is 1. The van der Waals surface area contributed by atoms with Crippen molar-refractivity contribution in [3.8, 4) is 0 Å². The third-order valence-electron chi connectivity index (χ3n) is 3.37. The monoisotopic (exact) mass is 320 g/mol. The average Bonchev–Trinajstić information content (AvgIpc) is 2.51. The molecule has 7 nitrogen and oxygen atoms in total. The number of imide groups is 1. The Bertz CT molecular complexity index is 533. The molecule has 0 spiro atoms. The first-order valence-electron chi connectivity index (χ1n) is 7.63. The van der Waals surface area contributed by atoms with E-state index in [1.807, 2.05) is 47.5 Å². The van der Waals surface area contributed by atoms with Crippen molar-refractivity contribution in [1.29, 1.82) is 0 Å². The van der Waals surface area contributed by atoms with E-state index in [0.717, 1.165) is 12.1 Å². The van der Waals surface area contributed by atoms with Crippen LogP contribution in [0.2, 0.25) is 0 Å². The lowest BCUT2D eigenvalue weighted by Crippen LogP contribution is -2.44. The summed E-state index contributed by atoms with van der Waals surface area (Å²) in [4.78, 5) is 36.4. The number of hydrogen-bond donors (Lipinski definition) is 3. The average molecular weight is 320 g/mol. The SMILES string of the molecule is CCCN(CCC(=O)NC(N)=O)C(C)C(=O)Nc1ccccc1. The van der Waals surface area contributed by atoms with Gasteiger partial charge in [0.15, 0.2) is 0 Å². The number of nitrogens with one attached hydrogen (secondary N) is 2. The summed E-state index contributed by atoms with van der Waals surface area (Å²) in [7, 11) is 0. The van der Waals surface area contributed by atoms with Crippen LogP contribution >= 0.6 is 0 Å². The molecule has 7 heteroatoms. The highest BCUT2D eigenvalue weighted by Gasteiger charge is 2.21. The van der Waals surface area contributed by atoms with Crippen LogP contribution < -0.4 is 16.4 Å². The first-order chi connectivity index (χ1) is 10.9. The summed E-state index contributed by atoms with van der Waals surface area (Å²) in [5, 5.41) is 4.87. The lowest BCUT2D eigenvalue weighted by Gasteiger charge is -2.27. The molecule has 23 heavy (non-hydrogen) atoms. The zero-order chi connectivity index (χ0) is 17.2. The summed E-state index contributed by atoms with van der Waals surface area (Å²) in [6, 6.07) is 7.93. The summed E-state index contributed by atoms with van der Waals surface area (Å²) in [5.41, 5.74) is 5.63. The van der Waals surface area contributed by atoms with E-state index in [4.69, 9.17) is 5.73 Å². The molecular formula is C16H24N4O3. The molecule has 0 aliphatic carbocycles. The smallest absolute Gasteiger partial charge is 0.318 e. The van der Waals surface area contributed by atoms with Crippen LogP contribution in [0.1, 0.15) is 26.7 Å². The van der Waals surface area contributed by atoms with Gasteiger partial charge in [-0.1, -0.05) is 25.1 Å². The van der Waals surface area contributed by atoms with Gasteiger partial charge in [-0.15, -0.1) is 0 Å². The number of para-hydroxylation sites is 1. The Kier molecular flexibility index (Phi) is 7.76. The Morgan fingerprint density at radius 2 is 1.83 bits per heavy atom. The van der Waals surface area contributed by atoms with Gasteiger partial charge in [0.1, 0.15) is 0 Å². The number of amides is 4. The number of urea groups is 1. The Balaban J connectivity index is 2.58. The molecule has 4 amide bonds. The van der Waals surface area contributed by atoms with Crippen molar-refractivity contribution in [2.24, 2.45) is 5.73 Å². The topological polar surface area (TPSA) is 105 Å². The fourth-order valence-electron chi connectivity index (χ4n) is 2.17. The minimum Gasteiger partial charge on any atom is -0.351 e. The largest absolute Gasteiger partial charge is 0.351 e. The molecule has 126 valence electrons. The van der Waals surface area contributed by atoms with Crippen LogP contribution in [0.5, 0.6) is 0 Å². The van der Waals surface area contributed by atoms with Gasteiger partial charge in [0.2, 0.25) is 11.8 Å². The van der Waals surface area contributed by atoms with E-state index < -0.39 is 18.0 Å². The van der Waals surface area contributed by atoms with E-state index in [1.54, 1.807) is 6.92 Å². The van der Waals surface area contributed by atoms with Gasteiger partial charge in [-0.2, -0.15) is 0 Å². The van der Waals surface area contributed by atoms with Crippen LogP contribution in [0.15, 0.2) is 30.3 Å². The molecule has 0 aromatic heterocycles. The van der Waals surface area contributed by atoms with Crippen LogP contribution in [0.3, 0.4) is 0 Å². The molecule has 0 aliphatic rings. The number of benzene rings is 1. The van der Waals surface area contributed by atoms with E-state index in [-0.39, 0.29) is 12.3 Å². The second-order valence-electron chi connectivity index (χ2n) is 5.23. The lowest BCUT2D eigenvalue weighted by atomic mass is 10.2. The van der Waals surface area contributed by atoms with Gasteiger partial charge in [-0.3, -0.25) is 19.8 Å². The molecule has 1 unspecified atom stereocenters. The number of primary amides is 1. The normalized spacial score (nSPS) is 11.8. The van der Waals surface area contributed by atoms with Crippen molar-refractivity contribution in [3.63, 3.8) is 0 Å². The molecule has 0 heterocycles. The highest BCUT2D eigenvalue weighted by Crippen LogP contribution is 2.09. The number of carbonyl (C=O) groups excluding carboxylic acids is 3. The van der Waals surface area contributed by atoms with Crippen LogP contribution in [-0.2, 0) is 9.59 Å². The Morgan fingerprint density at radius 3 is 2.39 bits per heavy atom. The van der Waals surface area contributed by atoms with Crippen molar-refractivity contribution < 1.29 is 14.4 Å². The van der Waals surface area contributed by atoms with Gasteiger partial charge in [0, 0.05) is 18.7 Å². The fourth-order valence-corrected chi connectivity index (χ4v) is 2.17. The second-order valence-corrected chi connectivity index (χ2v) is 5.23. The molecule has 0 aliphatic heterocycles. The van der Waals surface area contributed by atoms with Crippen LogP contribution in [0.25, 0.3) is 0 Å². The number of rotatable bonds is 8. The first-order valence-corrected chi connectivity index (χ1v) is 7.63. The van der Waals surface area contributed by atoms with E-state index in [2.05, 4.69) is 5.32 Å². The van der Waals surface area contributed by atoms with E-state index in [0.29, 0.717) is 13.1 Å². The minimum atomic E-state index is -0.869. The quantitative estimate of drug-likeness (QED) is 0.671. The molecule has 0 radical (unpaired) electrons. The summed E-state index contributed by atoms with van der Waals surface area (Å²) < 4.78 is 0. The van der Waals surface area contributed by atoms with E-state index in [9.17, 15) is 14.4 Å². The third-order valence-corrected chi connectivity index (χ3v) is 3.37. The molecular weight excluding hydrogens is 296 g/mol. The molecule has 0 saturated carbocycles. The van der Waals surface area contributed by atoms with Gasteiger partial charge in [0.05, 0.1) is 6.04 Å². The zero-order valence-corrected chi connectivity index (χ0v) is 13.5. The van der Waals surface area contributed by atoms with E-state index in [1.165, 1.54) is 0 Å². The van der Waals surface area contributed by atoms with Gasteiger partial charge in [0.25, 0.3) is 0 Å². The molecule has 0 bridgehead atoms. The standard InChI is InChI=1S/C16H24N4O3/c1-3-10-20(11-9-14(21)19-16(17)23)12(2)15(22)18-13-7-5-4-6-8-13/h4-8,12H,3,9-11H2,1-2H3,(H,18,22)(H3,17,19,21,23).